The van der Waals surface area contributed by atoms with Crippen molar-refractivity contribution in [3.63, 3.8) is 0 Å². The molecule has 1 aliphatic heterocycles. The van der Waals surface area contributed by atoms with Crippen molar-refractivity contribution in [2.24, 2.45) is 0 Å². The first-order chi connectivity index (χ1) is 14.1. The molecule has 0 saturated carbocycles. The van der Waals surface area contributed by atoms with Crippen LogP contribution in [0, 0.1) is 5.82 Å². The fraction of sp³-hybridized carbons (Fsp3) is 0.150. The Morgan fingerprint density at radius 3 is 2.66 bits per heavy atom. The number of carbonyl (C=O) groups is 2. The second-order valence-electron chi connectivity index (χ2n) is 6.03. The Bertz CT molecular complexity index is 1050. The lowest BCUT2D eigenvalue weighted by molar-refractivity contribution is -0.119. The minimum absolute atomic E-state index is 0.259. The quantitative estimate of drug-likeness (QED) is 0.643. The summed E-state index contributed by atoms with van der Waals surface area (Å²) in [5.41, 5.74) is 1.60. The van der Waals surface area contributed by atoms with Crippen molar-refractivity contribution < 1.29 is 28.2 Å². The second-order valence-corrected chi connectivity index (χ2v) is 6.89. The van der Waals surface area contributed by atoms with Crippen LogP contribution >= 0.6 is 11.3 Å². The maximum absolute atomic E-state index is 13.0. The Morgan fingerprint density at radius 1 is 1.10 bits per heavy atom. The maximum Gasteiger partial charge on any atom is 0.338 e. The summed E-state index contributed by atoms with van der Waals surface area (Å²) in [4.78, 5) is 28.5. The molecule has 0 unspecified atom stereocenters. The van der Waals surface area contributed by atoms with E-state index in [1.807, 2.05) is 0 Å². The molecule has 0 spiro atoms. The highest BCUT2D eigenvalue weighted by Gasteiger charge is 2.17. The van der Waals surface area contributed by atoms with Crippen molar-refractivity contribution in [3.8, 4) is 22.8 Å². The molecule has 1 aromatic heterocycles. The molecule has 1 aliphatic rings. The van der Waals surface area contributed by atoms with E-state index in [0.29, 0.717) is 35.5 Å². The largest absolute Gasteiger partial charge is 0.486 e. The molecule has 148 valence electrons. The van der Waals surface area contributed by atoms with Gasteiger partial charge in [0.15, 0.2) is 23.2 Å². The van der Waals surface area contributed by atoms with E-state index in [2.05, 4.69) is 10.3 Å². The summed E-state index contributed by atoms with van der Waals surface area (Å²) in [6.07, 6.45) is 0. The third-order valence-electron chi connectivity index (χ3n) is 4.00. The number of hydrogen-bond donors (Lipinski definition) is 1. The van der Waals surface area contributed by atoms with Crippen molar-refractivity contribution >= 4 is 28.3 Å². The van der Waals surface area contributed by atoms with Gasteiger partial charge in [-0.3, -0.25) is 10.1 Å². The first-order valence-corrected chi connectivity index (χ1v) is 9.54. The molecule has 1 amide bonds. The summed E-state index contributed by atoms with van der Waals surface area (Å²) in [5.74, 6) is -0.478. The topological polar surface area (TPSA) is 86.8 Å². The number of thiazole rings is 1. The normalized spacial score (nSPS) is 12.3. The fourth-order valence-corrected chi connectivity index (χ4v) is 3.36. The van der Waals surface area contributed by atoms with Gasteiger partial charge in [-0.2, -0.15) is 0 Å². The van der Waals surface area contributed by atoms with Gasteiger partial charge in [0.2, 0.25) is 0 Å². The van der Waals surface area contributed by atoms with Gasteiger partial charge in [-0.25, -0.2) is 14.2 Å². The molecule has 29 heavy (non-hydrogen) atoms. The molecule has 7 nitrogen and oxygen atoms in total. The van der Waals surface area contributed by atoms with Crippen LogP contribution < -0.4 is 14.8 Å². The zero-order valence-corrected chi connectivity index (χ0v) is 15.8. The molecule has 2 heterocycles. The Balaban J connectivity index is 1.32. The Labute approximate surface area is 169 Å². The van der Waals surface area contributed by atoms with Gasteiger partial charge in [0.05, 0.1) is 11.3 Å². The predicted molar refractivity (Wildman–Crippen MR) is 104 cm³/mol. The summed E-state index contributed by atoms with van der Waals surface area (Å²) in [7, 11) is 0. The SMILES string of the molecule is O=C(COC(=O)c1ccc2c(c1)OCCO2)Nc1nc(-c2ccc(F)cc2)cs1. The van der Waals surface area contributed by atoms with E-state index < -0.39 is 18.5 Å². The second kappa shape index (κ2) is 8.27. The minimum Gasteiger partial charge on any atom is -0.486 e. The average Bonchev–Trinajstić information content (AvgIpc) is 3.20. The van der Waals surface area contributed by atoms with Gasteiger partial charge in [-0.15, -0.1) is 11.3 Å². The first kappa shape index (κ1) is 18.9. The van der Waals surface area contributed by atoms with Crippen LogP contribution in [0.2, 0.25) is 0 Å². The third-order valence-corrected chi connectivity index (χ3v) is 4.76. The van der Waals surface area contributed by atoms with Crippen LogP contribution in [0.25, 0.3) is 11.3 Å². The molecule has 1 N–H and O–H groups in total. The molecule has 3 aromatic rings. The van der Waals surface area contributed by atoms with Crippen LogP contribution in [-0.4, -0.2) is 36.7 Å². The highest BCUT2D eigenvalue weighted by Crippen LogP contribution is 2.31. The van der Waals surface area contributed by atoms with Crippen molar-refractivity contribution in [3.05, 3.63) is 59.2 Å². The van der Waals surface area contributed by atoms with Crippen LogP contribution in [0.5, 0.6) is 11.5 Å². The summed E-state index contributed by atoms with van der Waals surface area (Å²) in [6, 6.07) is 10.6. The lowest BCUT2D eigenvalue weighted by Crippen LogP contribution is -2.21. The van der Waals surface area contributed by atoms with E-state index in [-0.39, 0.29) is 11.4 Å². The molecular formula is C20H15FN2O5S. The highest BCUT2D eigenvalue weighted by molar-refractivity contribution is 7.14. The average molecular weight is 414 g/mol. The van der Waals surface area contributed by atoms with Crippen LogP contribution in [0.3, 0.4) is 0 Å². The molecule has 2 aromatic carbocycles. The lowest BCUT2D eigenvalue weighted by atomic mass is 10.2. The number of aromatic nitrogens is 1. The maximum atomic E-state index is 13.0. The van der Waals surface area contributed by atoms with E-state index in [1.165, 1.54) is 29.5 Å². The first-order valence-electron chi connectivity index (χ1n) is 8.66. The predicted octanol–water partition coefficient (Wildman–Crippen LogP) is 3.52. The van der Waals surface area contributed by atoms with Crippen LogP contribution in [0.4, 0.5) is 9.52 Å². The van der Waals surface area contributed by atoms with E-state index in [4.69, 9.17) is 14.2 Å². The third kappa shape index (κ3) is 4.52. The van der Waals surface area contributed by atoms with Crippen molar-refractivity contribution in [2.45, 2.75) is 0 Å². The molecule has 9 heteroatoms. The van der Waals surface area contributed by atoms with E-state index >= 15 is 0 Å². The number of anilines is 1. The highest BCUT2D eigenvalue weighted by atomic mass is 32.1. The van der Waals surface area contributed by atoms with Crippen molar-refractivity contribution in [2.75, 3.05) is 25.1 Å². The fourth-order valence-electron chi connectivity index (χ4n) is 2.62. The van der Waals surface area contributed by atoms with Gasteiger partial charge in [-0.1, -0.05) is 0 Å². The zero-order valence-electron chi connectivity index (χ0n) is 15.0. The van der Waals surface area contributed by atoms with Crippen LogP contribution in [0.15, 0.2) is 47.8 Å². The van der Waals surface area contributed by atoms with Crippen molar-refractivity contribution in [1.82, 2.24) is 4.98 Å². The Kier molecular flexibility index (Phi) is 5.39. The molecule has 0 bridgehead atoms. The minimum atomic E-state index is -0.650. The van der Waals surface area contributed by atoms with Gasteiger partial charge in [0.1, 0.15) is 19.0 Å². The van der Waals surface area contributed by atoms with Crippen molar-refractivity contribution in [1.29, 1.82) is 0 Å². The molecule has 4 rings (SSSR count). The number of benzene rings is 2. The number of nitrogens with one attached hydrogen (secondary N) is 1. The van der Waals surface area contributed by atoms with Crippen LogP contribution in [0.1, 0.15) is 10.4 Å². The molecule has 0 radical (unpaired) electrons. The Morgan fingerprint density at radius 2 is 1.86 bits per heavy atom. The lowest BCUT2D eigenvalue weighted by Gasteiger charge is -2.18. The van der Waals surface area contributed by atoms with Gasteiger partial charge in [-0.05, 0) is 42.5 Å². The van der Waals surface area contributed by atoms with E-state index in [9.17, 15) is 14.0 Å². The molecule has 0 fully saturated rings. The van der Waals surface area contributed by atoms with Gasteiger partial charge >= 0.3 is 5.97 Å². The number of rotatable bonds is 5. The van der Waals surface area contributed by atoms with Gasteiger partial charge in [0, 0.05) is 10.9 Å². The summed E-state index contributed by atoms with van der Waals surface area (Å²) in [5, 5.41) is 4.66. The van der Waals surface area contributed by atoms with Crippen LogP contribution in [-0.2, 0) is 9.53 Å². The van der Waals surface area contributed by atoms with Gasteiger partial charge in [0.25, 0.3) is 5.91 Å². The number of fused-ring (bicyclic) bond motifs is 1. The molecular weight excluding hydrogens is 399 g/mol. The standard InChI is InChI=1S/C20H15FN2O5S/c21-14-4-1-12(2-5-14)15-11-29-20(22-15)23-18(24)10-28-19(25)13-3-6-16-17(9-13)27-8-7-26-16/h1-6,9,11H,7-8,10H2,(H,22,23,24). The molecule has 0 aliphatic carbocycles. The summed E-state index contributed by atoms with van der Waals surface area (Å²) < 4.78 is 28.9. The number of ether oxygens (including phenoxy) is 3. The number of esters is 1. The number of halogens is 1. The van der Waals surface area contributed by atoms with E-state index in [0.717, 1.165) is 5.56 Å². The summed E-state index contributed by atoms with van der Waals surface area (Å²) >= 11 is 1.22. The summed E-state index contributed by atoms with van der Waals surface area (Å²) in [6.45, 7) is 0.400. The Hall–Kier alpha value is -3.46. The molecule has 0 saturated heterocycles. The molecule has 0 atom stereocenters. The number of carbonyl (C=O) groups excluding carboxylic acids is 2. The van der Waals surface area contributed by atoms with E-state index in [1.54, 1.807) is 29.6 Å². The van der Waals surface area contributed by atoms with Gasteiger partial charge < -0.3 is 14.2 Å². The number of nitrogens with zero attached hydrogens (tertiary/aromatic N) is 1. The number of hydrogen-bond acceptors (Lipinski definition) is 7. The number of amides is 1. The zero-order chi connectivity index (χ0) is 20.2. The smallest absolute Gasteiger partial charge is 0.338 e. The monoisotopic (exact) mass is 414 g/mol.